The summed E-state index contributed by atoms with van der Waals surface area (Å²) in [5, 5.41) is 0. The molecule has 96 valence electrons. The molecule has 0 aliphatic heterocycles. The predicted molar refractivity (Wildman–Crippen MR) is 80.4 cm³/mol. The van der Waals surface area contributed by atoms with Crippen molar-refractivity contribution in [2.45, 2.75) is 20.8 Å². The Bertz CT molecular complexity index is 617. The van der Waals surface area contributed by atoms with E-state index in [1.807, 2.05) is 51.1 Å². The lowest BCUT2D eigenvalue weighted by Crippen LogP contribution is -2.00. The van der Waals surface area contributed by atoms with Gasteiger partial charge in [0.2, 0.25) is 0 Å². The molecule has 0 spiro atoms. The molecule has 0 aliphatic carbocycles. The van der Waals surface area contributed by atoms with Gasteiger partial charge < -0.3 is 0 Å². The van der Waals surface area contributed by atoms with Crippen LogP contribution in [0.25, 0.3) is 11.1 Å². The minimum Gasteiger partial charge on any atom is -0.289 e. The molecule has 0 atom stereocenters. The van der Waals surface area contributed by atoms with E-state index in [4.69, 9.17) is 0 Å². The van der Waals surface area contributed by atoms with Gasteiger partial charge >= 0.3 is 0 Å². The summed E-state index contributed by atoms with van der Waals surface area (Å²) in [5.74, 6) is 0.0790. The van der Waals surface area contributed by atoms with E-state index in [0.29, 0.717) is 0 Å². The summed E-state index contributed by atoms with van der Waals surface area (Å²) in [7, 11) is 0. The van der Waals surface area contributed by atoms with Gasteiger partial charge in [-0.1, -0.05) is 54.1 Å². The lowest BCUT2D eigenvalue weighted by molar-refractivity contribution is 0.104. The number of carbonyl (C=O) groups is 1. The molecular formula is C18H18O. The maximum atomic E-state index is 12.2. The summed E-state index contributed by atoms with van der Waals surface area (Å²) in [6.45, 7) is 5.89. The fourth-order valence-electron chi connectivity index (χ4n) is 2.17. The molecule has 19 heavy (non-hydrogen) atoms. The minimum atomic E-state index is 0.0790. The summed E-state index contributed by atoms with van der Waals surface area (Å²) >= 11 is 0. The van der Waals surface area contributed by atoms with Gasteiger partial charge in [0.1, 0.15) is 0 Å². The molecule has 2 aromatic carbocycles. The van der Waals surface area contributed by atoms with Crippen LogP contribution in [-0.2, 0) is 0 Å². The lowest BCUT2D eigenvalue weighted by Gasteiger charge is -2.09. The molecule has 2 rings (SSSR count). The number of hydrogen-bond acceptors (Lipinski definition) is 1. The van der Waals surface area contributed by atoms with Crippen molar-refractivity contribution >= 4 is 5.78 Å². The summed E-state index contributed by atoms with van der Waals surface area (Å²) in [6.07, 6.45) is 1.69. The molecule has 0 fully saturated rings. The standard InChI is InChI=1S/C18H18O/c1-13(2)12-18(19)17-11-7-10-16(14(17)3)15-8-5-4-6-9-15/h4-12H,1-3H3. The molecule has 0 radical (unpaired) electrons. The quantitative estimate of drug-likeness (QED) is 0.564. The van der Waals surface area contributed by atoms with Crippen molar-refractivity contribution in [1.29, 1.82) is 0 Å². The Hall–Kier alpha value is -2.15. The fourth-order valence-corrected chi connectivity index (χ4v) is 2.17. The predicted octanol–water partition coefficient (Wildman–Crippen LogP) is 4.81. The van der Waals surface area contributed by atoms with Crippen molar-refractivity contribution < 1.29 is 4.79 Å². The van der Waals surface area contributed by atoms with Crippen LogP contribution >= 0.6 is 0 Å². The molecule has 0 aromatic heterocycles. The van der Waals surface area contributed by atoms with Crippen LogP contribution in [0.2, 0.25) is 0 Å². The molecular weight excluding hydrogens is 232 g/mol. The van der Waals surface area contributed by atoms with Gasteiger partial charge in [-0.25, -0.2) is 0 Å². The van der Waals surface area contributed by atoms with Crippen LogP contribution in [0, 0.1) is 6.92 Å². The number of benzene rings is 2. The first-order valence-corrected chi connectivity index (χ1v) is 6.44. The molecule has 0 saturated heterocycles. The molecule has 1 nitrogen and oxygen atoms in total. The highest BCUT2D eigenvalue weighted by molar-refractivity contribution is 6.06. The van der Waals surface area contributed by atoms with Crippen LogP contribution in [0.1, 0.15) is 29.8 Å². The van der Waals surface area contributed by atoms with E-state index in [-0.39, 0.29) is 5.78 Å². The minimum absolute atomic E-state index is 0.0790. The molecule has 0 N–H and O–H groups in total. The zero-order valence-electron chi connectivity index (χ0n) is 11.6. The third kappa shape index (κ3) is 3.00. The Morgan fingerprint density at radius 3 is 2.26 bits per heavy atom. The first-order chi connectivity index (χ1) is 9.09. The zero-order chi connectivity index (χ0) is 13.8. The van der Waals surface area contributed by atoms with E-state index in [1.54, 1.807) is 6.08 Å². The van der Waals surface area contributed by atoms with Crippen molar-refractivity contribution in [1.82, 2.24) is 0 Å². The summed E-state index contributed by atoms with van der Waals surface area (Å²) in [4.78, 5) is 12.2. The molecule has 0 heterocycles. The second-order valence-corrected chi connectivity index (χ2v) is 4.93. The molecule has 0 aliphatic rings. The number of carbonyl (C=O) groups excluding carboxylic acids is 1. The van der Waals surface area contributed by atoms with Gasteiger partial charge in [0.05, 0.1) is 0 Å². The second-order valence-electron chi connectivity index (χ2n) is 4.93. The van der Waals surface area contributed by atoms with Crippen molar-refractivity contribution in [3.63, 3.8) is 0 Å². The van der Waals surface area contributed by atoms with Crippen LogP contribution in [0.5, 0.6) is 0 Å². The highest BCUT2D eigenvalue weighted by Gasteiger charge is 2.10. The van der Waals surface area contributed by atoms with Gasteiger partial charge in [-0.15, -0.1) is 0 Å². The van der Waals surface area contributed by atoms with Crippen molar-refractivity contribution in [2.75, 3.05) is 0 Å². The van der Waals surface area contributed by atoms with E-state index in [9.17, 15) is 4.79 Å². The molecule has 0 amide bonds. The molecule has 0 unspecified atom stereocenters. The second kappa shape index (κ2) is 5.66. The molecule has 2 aromatic rings. The average molecular weight is 250 g/mol. The molecule has 1 heteroatoms. The largest absolute Gasteiger partial charge is 0.289 e. The monoisotopic (exact) mass is 250 g/mol. The van der Waals surface area contributed by atoms with Gasteiger partial charge in [-0.3, -0.25) is 4.79 Å². The maximum Gasteiger partial charge on any atom is 0.186 e. The summed E-state index contributed by atoms with van der Waals surface area (Å²) in [5.41, 5.74) is 5.11. The van der Waals surface area contributed by atoms with Crippen LogP contribution in [-0.4, -0.2) is 5.78 Å². The topological polar surface area (TPSA) is 17.1 Å². The highest BCUT2D eigenvalue weighted by Crippen LogP contribution is 2.26. The maximum absolute atomic E-state index is 12.2. The van der Waals surface area contributed by atoms with Crippen LogP contribution in [0.3, 0.4) is 0 Å². The molecule has 0 bridgehead atoms. The van der Waals surface area contributed by atoms with Gasteiger partial charge in [-0.2, -0.15) is 0 Å². The Kier molecular flexibility index (Phi) is 3.96. The lowest BCUT2D eigenvalue weighted by atomic mass is 9.94. The molecule has 0 saturated carbocycles. The van der Waals surface area contributed by atoms with E-state index < -0.39 is 0 Å². The summed E-state index contributed by atoms with van der Waals surface area (Å²) in [6, 6.07) is 16.1. The normalized spacial score (nSPS) is 10.1. The van der Waals surface area contributed by atoms with Crippen LogP contribution in [0.4, 0.5) is 0 Å². The third-order valence-electron chi connectivity index (χ3n) is 3.10. The van der Waals surface area contributed by atoms with Gasteiger partial charge in [0.25, 0.3) is 0 Å². The smallest absolute Gasteiger partial charge is 0.186 e. The first kappa shape index (κ1) is 13.3. The van der Waals surface area contributed by atoms with Gasteiger partial charge in [0, 0.05) is 5.56 Å². The van der Waals surface area contributed by atoms with Crippen LogP contribution in [0.15, 0.2) is 60.2 Å². The Labute approximate surface area is 114 Å². The number of rotatable bonds is 3. The van der Waals surface area contributed by atoms with E-state index in [2.05, 4.69) is 18.2 Å². The average Bonchev–Trinajstić information content (AvgIpc) is 2.39. The van der Waals surface area contributed by atoms with E-state index in [1.165, 1.54) is 0 Å². The third-order valence-corrected chi connectivity index (χ3v) is 3.10. The van der Waals surface area contributed by atoms with Gasteiger partial charge in [-0.05, 0) is 43.5 Å². The van der Waals surface area contributed by atoms with E-state index >= 15 is 0 Å². The SMILES string of the molecule is CC(C)=CC(=O)c1cccc(-c2ccccc2)c1C. The highest BCUT2D eigenvalue weighted by atomic mass is 16.1. The number of hydrogen-bond donors (Lipinski definition) is 0. The number of allylic oxidation sites excluding steroid dienone is 2. The zero-order valence-corrected chi connectivity index (χ0v) is 11.6. The Morgan fingerprint density at radius 2 is 1.63 bits per heavy atom. The summed E-state index contributed by atoms with van der Waals surface area (Å²) < 4.78 is 0. The van der Waals surface area contributed by atoms with E-state index in [0.717, 1.165) is 27.8 Å². The Morgan fingerprint density at radius 1 is 0.947 bits per heavy atom. The first-order valence-electron chi connectivity index (χ1n) is 6.44. The van der Waals surface area contributed by atoms with Crippen molar-refractivity contribution in [3.05, 3.63) is 71.3 Å². The van der Waals surface area contributed by atoms with Gasteiger partial charge in [0.15, 0.2) is 5.78 Å². The Balaban J connectivity index is 2.50. The number of ketones is 1. The van der Waals surface area contributed by atoms with Crippen LogP contribution < -0.4 is 0 Å². The van der Waals surface area contributed by atoms with Crippen molar-refractivity contribution in [2.24, 2.45) is 0 Å². The van der Waals surface area contributed by atoms with Crippen molar-refractivity contribution in [3.8, 4) is 11.1 Å². The fraction of sp³-hybridized carbons (Fsp3) is 0.167.